The average Bonchev–Trinajstić information content (AvgIpc) is 2.23. The molecule has 0 saturated carbocycles. The van der Waals surface area contributed by atoms with Crippen molar-refractivity contribution in [3.63, 3.8) is 0 Å². The third-order valence-electron chi connectivity index (χ3n) is 2.44. The Morgan fingerprint density at radius 1 is 1.24 bits per heavy atom. The van der Waals surface area contributed by atoms with Gasteiger partial charge in [0, 0.05) is 18.5 Å². The molecule has 17 heavy (non-hydrogen) atoms. The van der Waals surface area contributed by atoms with Crippen LogP contribution in [0.2, 0.25) is 10.0 Å². The second kappa shape index (κ2) is 7.48. The minimum absolute atomic E-state index is 0.160. The van der Waals surface area contributed by atoms with Gasteiger partial charge in [-0.1, -0.05) is 49.2 Å². The minimum atomic E-state index is 0.160. The summed E-state index contributed by atoms with van der Waals surface area (Å²) in [4.78, 5) is 0. The molecule has 0 saturated heterocycles. The zero-order valence-electron chi connectivity index (χ0n) is 10.1. The Kier molecular flexibility index (Phi) is 6.65. The summed E-state index contributed by atoms with van der Waals surface area (Å²) in [5.74, 6) is 0.619. The molecule has 1 unspecified atom stereocenters. The molecule has 0 aliphatic rings. The van der Waals surface area contributed by atoms with Crippen LogP contribution < -0.4 is 5.32 Å². The van der Waals surface area contributed by atoms with Gasteiger partial charge in [0.2, 0.25) is 0 Å². The van der Waals surface area contributed by atoms with E-state index in [-0.39, 0.29) is 5.38 Å². The molecule has 4 heteroatoms. The summed E-state index contributed by atoms with van der Waals surface area (Å²) in [6.45, 7) is 5.82. The largest absolute Gasteiger partial charge is 0.311 e. The third-order valence-corrected chi connectivity index (χ3v) is 3.63. The van der Waals surface area contributed by atoms with Gasteiger partial charge in [-0.3, -0.25) is 0 Å². The van der Waals surface area contributed by atoms with Crippen molar-refractivity contribution in [3.05, 3.63) is 33.8 Å². The summed E-state index contributed by atoms with van der Waals surface area (Å²) in [7, 11) is 0. The van der Waals surface area contributed by atoms with Crippen LogP contribution in [0.1, 0.15) is 25.8 Å². The first-order chi connectivity index (χ1) is 8.00. The van der Waals surface area contributed by atoms with Gasteiger partial charge >= 0.3 is 0 Å². The summed E-state index contributed by atoms with van der Waals surface area (Å²) < 4.78 is 0. The van der Waals surface area contributed by atoms with Gasteiger partial charge in [-0.05, 0) is 24.0 Å². The van der Waals surface area contributed by atoms with E-state index in [1.807, 2.05) is 12.1 Å². The Bertz CT molecular complexity index is 353. The van der Waals surface area contributed by atoms with Crippen LogP contribution in [0.5, 0.6) is 0 Å². The molecule has 1 rings (SSSR count). The van der Waals surface area contributed by atoms with Crippen molar-refractivity contribution in [3.8, 4) is 0 Å². The van der Waals surface area contributed by atoms with Gasteiger partial charge in [-0.2, -0.15) is 0 Å². The number of nitrogens with one attached hydrogen (secondary N) is 1. The highest BCUT2D eigenvalue weighted by Gasteiger charge is 2.08. The maximum absolute atomic E-state index is 6.19. The highest BCUT2D eigenvalue weighted by atomic mass is 35.5. The quantitative estimate of drug-likeness (QED) is 0.748. The molecular formula is C13H18Cl3N. The van der Waals surface area contributed by atoms with Crippen LogP contribution in [-0.4, -0.2) is 11.9 Å². The molecule has 1 N–H and O–H groups in total. The third kappa shape index (κ3) is 5.48. The first-order valence-corrected chi connectivity index (χ1v) is 6.97. The van der Waals surface area contributed by atoms with Gasteiger partial charge in [-0.25, -0.2) is 0 Å². The monoisotopic (exact) mass is 293 g/mol. The van der Waals surface area contributed by atoms with E-state index < -0.39 is 0 Å². The van der Waals surface area contributed by atoms with Crippen molar-refractivity contribution in [1.82, 2.24) is 5.32 Å². The Morgan fingerprint density at radius 3 is 2.59 bits per heavy atom. The zero-order valence-corrected chi connectivity index (χ0v) is 12.4. The second-order valence-corrected chi connectivity index (χ2v) is 5.97. The van der Waals surface area contributed by atoms with Gasteiger partial charge in [0.25, 0.3) is 0 Å². The summed E-state index contributed by atoms with van der Waals surface area (Å²) in [5, 5.41) is 4.67. The lowest BCUT2D eigenvalue weighted by Crippen LogP contribution is -2.24. The van der Waals surface area contributed by atoms with Crippen LogP contribution >= 0.6 is 34.8 Å². The standard InChI is InChI=1S/C13H18Cl3N/c1-9(2)6-11(14)8-17-7-10-4-3-5-12(15)13(10)16/h3-5,9,11,17H,6-8H2,1-2H3. The highest BCUT2D eigenvalue weighted by Crippen LogP contribution is 2.25. The van der Waals surface area contributed by atoms with Gasteiger partial charge in [0.15, 0.2) is 0 Å². The molecule has 0 aromatic heterocycles. The van der Waals surface area contributed by atoms with E-state index >= 15 is 0 Å². The lowest BCUT2D eigenvalue weighted by atomic mass is 10.1. The van der Waals surface area contributed by atoms with Crippen LogP contribution in [0, 0.1) is 5.92 Å². The van der Waals surface area contributed by atoms with Crippen LogP contribution in [0.15, 0.2) is 18.2 Å². The van der Waals surface area contributed by atoms with Crippen LogP contribution in [0.25, 0.3) is 0 Å². The van der Waals surface area contributed by atoms with E-state index in [0.717, 1.165) is 18.5 Å². The number of hydrogen-bond acceptors (Lipinski definition) is 1. The Balaban J connectivity index is 2.38. The van der Waals surface area contributed by atoms with Crippen LogP contribution in [0.4, 0.5) is 0 Å². The van der Waals surface area contributed by atoms with Gasteiger partial charge in [0.1, 0.15) is 0 Å². The molecule has 1 nitrogen and oxygen atoms in total. The first-order valence-electron chi connectivity index (χ1n) is 5.78. The van der Waals surface area contributed by atoms with Crippen LogP contribution in [-0.2, 0) is 6.54 Å². The second-order valence-electron chi connectivity index (χ2n) is 4.57. The number of benzene rings is 1. The SMILES string of the molecule is CC(C)CC(Cl)CNCc1cccc(Cl)c1Cl. The molecule has 0 aliphatic heterocycles. The molecule has 0 radical (unpaired) electrons. The number of halogens is 3. The molecular weight excluding hydrogens is 277 g/mol. The summed E-state index contributed by atoms with van der Waals surface area (Å²) >= 11 is 18.2. The van der Waals surface area contributed by atoms with E-state index in [9.17, 15) is 0 Å². The lowest BCUT2D eigenvalue weighted by Gasteiger charge is -2.13. The topological polar surface area (TPSA) is 12.0 Å². The minimum Gasteiger partial charge on any atom is -0.311 e. The fourth-order valence-corrected chi connectivity index (χ4v) is 2.50. The first kappa shape index (κ1) is 15.1. The molecule has 0 bridgehead atoms. The van der Waals surface area contributed by atoms with E-state index in [4.69, 9.17) is 34.8 Å². The summed E-state index contributed by atoms with van der Waals surface area (Å²) in [6.07, 6.45) is 1.01. The predicted octanol–water partition coefficient (Wildman–Crippen LogP) is 4.74. The average molecular weight is 295 g/mol. The van der Waals surface area contributed by atoms with Crippen molar-refractivity contribution >= 4 is 34.8 Å². The molecule has 1 aromatic carbocycles. The van der Waals surface area contributed by atoms with Crippen molar-refractivity contribution in [2.24, 2.45) is 5.92 Å². The molecule has 1 aromatic rings. The van der Waals surface area contributed by atoms with Crippen molar-refractivity contribution in [1.29, 1.82) is 0 Å². The van der Waals surface area contributed by atoms with E-state index in [0.29, 0.717) is 22.5 Å². The van der Waals surface area contributed by atoms with Crippen molar-refractivity contribution < 1.29 is 0 Å². The molecule has 0 fully saturated rings. The van der Waals surface area contributed by atoms with Gasteiger partial charge < -0.3 is 5.32 Å². The fraction of sp³-hybridized carbons (Fsp3) is 0.538. The zero-order chi connectivity index (χ0) is 12.8. The molecule has 0 aliphatic carbocycles. The maximum atomic E-state index is 6.19. The molecule has 1 atom stereocenters. The maximum Gasteiger partial charge on any atom is 0.0637 e. The molecule has 0 spiro atoms. The van der Waals surface area contributed by atoms with Crippen LogP contribution in [0.3, 0.4) is 0 Å². The van der Waals surface area contributed by atoms with Crippen molar-refractivity contribution in [2.75, 3.05) is 6.54 Å². The normalized spacial score (nSPS) is 13.1. The Hall–Kier alpha value is 0.0500. The Labute approximate surface area is 118 Å². The van der Waals surface area contributed by atoms with E-state index in [2.05, 4.69) is 19.2 Å². The van der Waals surface area contributed by atoms with Gasteiger partial charge in [-0.15, -0.1) is 11.6 Å². The van der Waals surface area contributed by atoms with Crippen molar-refractivity contribution in [2.45, 2.75) is 32.2 Å². The highest BCUT2D eigenvalue weighted by molar-refractivity contribution is 6.42. The van der Waals surface area contributed by atoms with Gasteiger partial charge in [0.05, 0.1) is 10.0 Å². The van der Waals surface area contributed by atoms with E-state index in [1.54, 1.807) is 6.07 Å². The smallest absolute Gasteiger partial charge is 0.0637 e. The van der Waals surface area contributed by atoms with E-state index in [1.165, 1.54) is 0 Å². The summed E-state index contributed by atoms with van der Waals surface area (Å²) in [5.41, 5.74) is 1.01. The molecule has 0 heterocycles. The predicted molar refractivity (Wildman–Crippen MR) is 77.3 cm³/mol. The fourth-order valence-electron chi connectivity index (χ4n) is 1.64. The number of hydrogen-bond donors (Lipinski definition) is 1. The molecule has 0 amide bonds. The summed E-state index contributed by atoms with van der Waals surface area (Å²) in [6, 6.07) is 5.65. The Morgan fingerprint density at radius 2 is 1.94 bits per heavy atom. The number of alkyl halides is 1. The number of rotatable bonds is 6. The molecule has 96 valence electrons. The lowest BCUT2D eigenvalue weighted by molar-refractivity contribution is 0.533.